The Balaban J connectivity index is 1.81. The molecule has 0 aliphatic carbocycles. The summed E-state index contributed by atoms with van der Waals surface area (Å²) in [5.74, 6) is -0.510. The maximum Gasteiger partial charge on any atom is 0.329 e. The van der Waals surface area contributed by atoms with Crippen molar-refractivity contribution in [3.05, 3.63) is 59.0 Å². The molecule has 0 fully saturated rings. The van der Waals surface area contributed by atoms with Gasteiger partial charge in [-0.1, -0.05) is 18.2 Å². The van der Waals surface area contributed by atoms with Crippen LogP contribution in [0.15, 0.2) is 53.3 Å². The number of rotatable bonds is 4. The number of amides is 2. The minimum atomic E-state index is -0.321. The lowest BCUT2D eigenvalue weighted by molar-refractivity contribution is -0.117. The number of anilines is 2. The van der Waals surface area contributed by atoms with E-state index in [4.69, 9.17) is 0 Å². The third-order valence-electron chi connectivity index (χ3n) is 3.82. The monoisotopic (exact) mass is 338 g/mol. The van der Waals surface area contributed by atoms with Gasteiger partial charge in [0.25, 0.3) is 0 Å². The zero-order valence-electron chi connectivity index (χ0n) is 13.9. The minimum Gasteiger partial charge on any atom is -0.326 e. The van der Waals surface area contributed by atoms with Gasteiger partial charge in [0.05, 0.1) is 11.0 Å². The van der Waals surface area contributed by atoms with Gasteiger partial charge in [-0.25, -0.2) is 4.79 Å². The molecule has 2 amide bonds. The fourth-order valence-corrected chi connectivity index (χ4v) is 2.74. The lowest BCUT2D eigenvalue weighted by Gasteiger charge is -2.08. The average Bonchev–Trinajstić information content (AvgIpc) is 2.80. The predicted octanol–water partition coefficient (Wildman–Crippen LogP) is 1.94. The Hall–Kier alpha value is -3.35. The Morgan fingerprint density at radius 1 is 0.960 bits per heavy atom. The Kier molecular flexibility index (Phi) is 4.38. The predicted molar refractivity (Wildman–Crippen MR) is 96.6 cm³/mol. The second-order valence-electron chi connectivity index (χ2n) is 5.73. The van der Waals surface area contributed by atoms with Gasteiger partial charge in [-0.2, -0.15) is 0 Å². The van der Waals surface area contributed by atoms with Gasteiger partial charge in [0.1, 0.15) is 6.54 Å². The van der Waals surface area contributed by atoms with Crippen LogP contribution in [0.5, 0.6) is 0 Å². The summed E-state index contributed by atoms with van der Waals surface area (Å²) < 4.78 is 2.95. The molecule has 1 aromatic heterocycles. The lowest BCUT2D eigenvalue weighted by atomic mass is 10.2. The molecule has 25 heavy (non-hydrogen) atoms. The van der Waals surface area contributed by atoms with Crippen LogP contribution in [0.1, 0.15) is 6.92 Å². The molecule has 0 radical (unpaired) electrons. The standard InChI is InChI=1S/C18H18N4O3/c1-12(23)19-13-6-5-7-14(10-13)20-17(24)11-22-16-9-4-3-8-15(16)21(2)18(22)25/h3-10H,11H2,1-2H3,(H,19,23)(H,20,24). The lowest BCUT2D eigenvalue weighted by Crippen LogP contribution is -2.28. The van der Waals surface area contributed by atoms with Crippen LogP contribution in [-0.4, -0.2) is 20.9 Å². The number of hydrogen-bond acceptors (Lipinski definition) is 3. The van der Waals surface area contributed by atoms with E-state index in [0.717, 1.165) is 5.52 Å². The van der Waals surface area contributed by atoms with Crippen molar-refractivity contribution in [2.75, 3.05) is 10.6 Å². The molecule has 3 aromatic rings. The van der Waals surface area contributed by atoms with E-state index in [1.165, 1.54) is 16.1 Å². The van der Waals surface area contributed by atoms with Crippen molar-refractivity contribution in [1.29, 1.82) is 0 Å². The van der Waals surface area contributed by atoms with Crippen LogP contribution < -0.4 is 16.3 Å². The number of aromatic nitrogens is 2. The number of carbonyl (C=O) groups excluding carboxylic acids is 2. The van der Waals surface area contributed by atoms with Gasteiger partial charge in [0.15, 0.2) is 0 Å². The smallest absolute Gasteiger partial charge is 0.326 e. The number of carbonyl (C=O) groups is 2. The van der Waals surface area contributed by atoms with Crippen molar-refractivity contribution in [2.24, 2.45) is 7.05 Å². The van der Waals surface area contributed by atoms with Crippen LogP contribution in [0.2, 0.25) is 0 Å². The van der Waals surface area contributed by atoms with Gasteiger partial charge >= 0.3 is 5.69 Å². The molecule has 0 aliphatic rings. The van der Waals surface area contributed by atoms with E-state index in [0.29, 0.717) is 16.9 Å². The summed E-state index contributed by atoms with van der Waals surface area (Å²) in [7, 11) is 1.68. The fourth-order valence-electron chi connectivity index (χ4n) is 2.74. The first-order valence-electron chi connectivity index (χ1n) is 7.77. The largest absolute Gasteiger partial charge is 0.329 e. The van der Waals surface area contributed by atoms with Gasteiger partial charge < -0.3 is 10.6 Å². The first kappa shape index (κ1) is 16.5. The maximum atomic E-state index is 12.4. The molecule has 0 unspecified atom stereocenters. The normalized spacial score (nSPS) is 10.6. The summed E-state index contributed by atoms with van der Waals surface area (Å²) in [5.41, 5.74) is 2.37. The van der Waals surface area contributed by atoms with E-state index in [1.54, 1.807) is 37.4 Å². The van der Waals surface area contributed by atoms with Gasteiger partial charge in [-0.3, -0.25) is 18.7 Å². The number of para-hydroxylation sites is 2. The second-order valence-corrected chi connectivity index (χ2v) is 5.73. The SMILES string of the molecule is CC(=O)Nc1cccc(NC(=O)Cn2c(=O)n(C)c3ccccc32)c1. The molecule has 128 valence electrons. The molecule has 7 nitrogen and oxygen atoms in total. The second kappa shape index (κ2) is 6.64. The summed E-state index contributed by atoms with van der Waals surface area (Å²) >= 11 is 0. The first-order chi connectivity index (χ1) is 12.0. The quantitative estimate of drug-likeness (QED) is 0.762. The Morgan fingerprint density at radius 3 is 2.28 bits per heavy atom. The molecule has 0 aliphatic heterocycles. The van der Waals surface area contributed by atoms with E-state index in [-0.39, 0.29) is 24.0 Å². The van der Waals surface area contributed by atoms with Crippen molar-refractivity contribution in [1.82, 2.24) is 9.13 Å². The van der Waals surface area contributed by atoms with Crippen molar-refractivity contribution in [3.63, 3.8) is 0 Å². The van der Waals surface area contributed by atoms with Crippen molar-refractivity contribution in [3.8, 4) is 0 Å². The van der Waals surface area contributed by atoms with Crippen molar-refractivity contribution >= 4 is 34.2 Å². The summed E-state index contributed by atoms with van der Waals surface area (Å²) in [6, 6.07) is 14.1. The Bertz CT molecular complexity index is 1020. The summed E-state index contributed by atoms with van der Waals surface area (Å²) in [5, 5.41) is 5.40. The van der Waals surface area contributed by atoms with Crippen LogP contribution in [-0.2, 0) is 23.2 Å². The van der Waals surface area contributed by atoms with Crippen molar-refractivity contribution in [2.45, 2.75) is 13.5 Å². The third kappa shape index (κ3) is 3.45. The van der Waals surface area contributed by atoms with E-state index < -0.39 is 0 Å². The van der Waals surface area contributed by atoms with Gasteiger partial charge in [-0.05, 0) is 30.3 Å². The number of benzene rings is 2. The van der Waals surface area contributed by atoms with Crippen LogP contribution in [0.4, 0.5) is 11.4 Å². The highest BCUT2D eigenvalue weighted by atomic mass is 16.2. The molecular formula is C18H18N4O3. The number of fused-ring (bicyclic) bond motifs is 1. The van der Waals surface area contributed by atoms with Gasteiger partial charge in [0.2, 0.25) is 11.8 Å². The molecule has 7 heteroatoms. The van der Waals surface area contributed by atoms with Crippen LogP contribution in [0.3, 0.4) is 0 Å². The highest BCUT2D eigenvalue weighted by molar-refractivity contribution is 5.93. The average molecular weight is 338 g/mol. The molecule has 0 saturated carbocycles. The zero-order valence-corrected chi connectivity index (χ0v) is 13.9. The number of nitrogens with one attached hydrogen (secondary N) is 2. The molecule has 2 N–H and O–H groups in total. The number of aryl methyl sites for hydroxylation is 1. The fraction of sp³-hybridized carbons (Fsp3) is 0.167. The molecular weight excluding hydrogens is 320 g/mol. The summed E-state index contributed by atoms with van der Waals surface area (Å²) in [6.07, 6.45) is 0. The van der Waals surface area contributed by atoms with Crippen LogP contribution >= 0.6 is 0 Å². The van der Waals surface area contributed by atoms with Crippen LogP contribution in [0, 0.1) is 0 Å². The molecule has 0 bridgehead atoms. The molecule has 0 saturated heterocycles. The summed E-state index contributed by atoms with van der Waals surface area (Å²) in [6.45, 7) is 1.32. The first-order valence-corrected chi connectivity index (χ1v) is 7.77. The van der Waals surface area contributed by atoms with E-state index in [9.17, 15) is 14.4 Å². The number of imidazole rings is 1. The number of nitrogens with zero attached hydrogens (tertiary/aromatic N) is 2. The highest BCUT2D eigenvalue weighted by Gasteiger charge is 2.13. The van der Waals surface area contributed by atoms with Gasteiger partial charge in [-0.15, -0.1) is 0 Å². The van der Waals surface area contributed by atoms with Crippen LogP contribution in [0.25, 0.3) is 11.0 Å². The summed E-state index contributed by atoms with van der Waals surface area (Å²) in [4.78, 5) is 35.8. The van der Waals surface area contributed by atoms with E-state index in [2.05, 4.69) is 10.6 Å². The Morgan fingerprint density at radius 2 is 1.60 bits per heavy atom. The maximum absolute atomic E-state index is 12.4. The minimum absolute atomic E-state index is 0.0927. The van der Waals surface area contributed by atoms with Crippen molar-refractivity contribution < 1.29 is 9.59 Å². The van der Waals surface area contributed by atoms with E-state index in [1.807, 2.05) is 18.2 Å². The zero-order chi connectivity index (χ0) is 18.0. The highest BCUT2D eigenvalue weighted by Crippen LogP contribution is 2.16. The Labute approximate surface area is 143 Å². The van der Waals surface area contributed by atoms with Gasteiger partial charge in [0, 0.05) is 25.3 Å². The van der Waals surface area contributed by atoms with E-state index >= 15 is 0 Å². The molecule has 3 rings (SSSR count). The molecule has 2 aromatic carbocycles. The molecule has 0 spiro atoms. The topological polar surface area (TPSA) is 85.1 Å². The molecule has 0 atom stereocenters. The number of hydrogen-bond donors (Lipinski definition) is 2. The molecule has 1 heterocycles. The third-order valence-corrected chi connectivity index (χ3v) is 3.82.